The molecule has 0 saturated heterocycles. The molecular formula is C18H18N4O2S. The summed E-state index contributed by atoms with van der Waals surface area (Å²) in [4.78, 5) is 17.2. The van der Waals surface area contributed by atoms with Crippen molar-refractivity contribution in [3.8, 4) is 0 Å². The van der Waals surface area contributed by atoms with Crippen molar-refractivity contribution in [3.63, 3.8) is 0 Å². The average Bonchev–Trinajstić information content (AvgIpc) is 3.30. The molecule has 3 aromatic heterocycles. The van der Waals surface area contributed by atoms with E-state index < -0.39 is 0 Å². The smallest absolute Gasteiger partial charge is 0.261 e. The third-order valence-corrected chi connectivity index (χ3v) is 4.98. The zero-order chi connectivity index (χ0) is 17.1. The van der Waals surface area contributed by atoms with Gasteiger partial charge in [0, 0.05) is 18.9 Å². The van der Waals surface area contributed by atoms with Crippen LogP contribution in [-0.4, -0.2) is 33.8 Å². The molecule has 0 aromatic carbocycles. The summed E-state index contributed by atoms with van der Waals surface area (Å²) >= 11 is 1.43. The van der Waals surface area contributed by atoms with E-state index in [0.29, 0.717) is 24.6 Å². The number of hydrogen-bond acceptors (Lipinski definition) is 5. The molecule has 1 N–H and O–H groups in total. The molecule has 0 bridgehead atoms. The van der Waals surface area contributed by atoms with Crippen molar-refractivity contribution in [1.82, 2.24) is 20.1 Å². The van der Waals surface area contributed by atoms with Crippen LogP contribution in [0.3, 0.4) is 0 Å². The Morgan fingerprint density at radius 3 is 3.12 bits per heavy atom. The highest BCUT2D eigenvalue weighted by molar-refractivity contribution is 7.12. The van der Waals surface area contributed by atoms with Crippen LogP contribution in [0.4, 0.5) is 0 Å². The molecule has 0 radical (unpaired) electrons. The molecule has 0 unspecified atom stereocenters. The molecule has 0 fully saturated rings. The molecule has 0 saturated carbocycles. The molecule has 1 aliphatic rings. The fourth-order valence-electron chi connectivity index (χ4n) is 2.91. The first kappa shape index (κ1) is 16.0. The standard InChI is InChI=1S/C18H18N4O2S/c23-18(16-5-3-9-25-16)20-10-15-17-13(6-8-24-15)11-22(21-17)12-14-4-1-2-7-19-14/h1-5,7,9,11,15H,6,8,10,12H2,(H,20,23)/t15-/m1/s1. The van der Waals surface area contributed by atoms with Crippen LogP contribution in [0.15, 0.2) is 48.1 Å². The Kier molecular flexibility index (Phi) is 4.58. The molecule has 7 heteroatoms. The average molecular weight is 354 g/mol. The van der Waals surface area contributed by atoms with Crippen LogP contribution in [0.2, 0.25) is 0 Å². The van der Waals surface area contributed by atoms with Gasteiger partial charge >= 0.3 is 0 Å². The molecule has 1 amide bonds. The number of nitrogens with one attached hydrogen (secondary N) is 1. The predicted octanol–water partition coefficient (Wildman–Crippen LogP) is 2.43. The maximum Gasteiger partial charge on any atom is 0.261 e. The molecule has 4 rings (SSSR count). The van der Waals surface area contributed by atoms with Gasteiger partial charge in [-0.25, -0.2) is 0 Å². The summed E-state index contributed by atoms with van der Waals surface area (Å²) in [7, 11) is 0. The minimum absolute atomic E-state index is 0.0707. The summed E-state index contributed by atoms with van der Waals surface area (Å²) in [6.07, 6.45) is 4.47. The Morgan fingerprint density at radius 1 is 1.36 bits per heavy atom. The SMILES string of the molecule is O=C(NC[C@H]1OCCc2cn(Cc3ccccn3)nc21)c1cccs1. The van der Waals surface area contributed by atoms with E-state index in [1.165, 1.54) is 16.9 Å². The van der Waals surface area contributed by atoms with E-state index in [2.05, 4.69) is 21.6 Å². The van der Waals surface area contributed by atoms with Crippen molar-refractivity contribution in [2.75, 3.05) is 13.2 Å². The Balaban J connectivity index is 1.45. The second-order valence-corrected chi connectivity index (χ2v) is 6.80. The van der Waals surface area contributed by atoms with Crippen molar-refractivity contribution in [3.05, 3.63) is 69.9 Å². The summed E-state index contributed by atoms with van der Waals surface area (Å²) in [6.45, 7) is 1.69. The number of ether oxygens (including phenoxy) is 1. The van der Waals surface area contributed by atoms with Crippen LogP contribution in [-0.2, 0) is 17.7 Å². The normalized spacial score (nSPS) is 16.4. The van der Waals surface area contributed by atoms with Crippen molar-refractivity contribution in [1.29, 1.82) is 0 Å². The van der Waals surface area contributed by atoms with E-state index >= 15 is 0 Å². The molecule has 1 atom stereocenters. The van der Waals surface area contributed by atoms with Gasteiger partial charge in [-0.15, -0.1) is 11.3 Å². The lowest BCUT2D eigenvalue weighted by Gasteiger charge is -2.22. The fourth-order valence-corrected chi connectivity index (χ4v) is 3.55. The van der Waals surface area contributed by atoms with Gasteiger partial charge in [-0.3, -0.25) is 14.5 Å². The van der Waals surface area contributed by atoms with Gasteiger partial charge in [-0.05, 0) is 35.6 Å². The van der Waals surface area contributed by atoms with Crippen LogP contribution in [0.25, 0.3) is 0 Å². The number of carbonyl (C=O) groups excluding carboxylic acids is 1. The molecule has 1 aliphatic heterocycles. The monoisotopic (exact) mass is 354 g/mol. The molecule has 0 aliphatic carbocycles. The van der Waals surface area contributed by atoms with E-state index in [1.807, 2.05) is 40.4 Å². The largest absolute Gasteiger partial charge is 0.370 e. The zero-order valence-corrected chi connectivity index (χ0v) is 14.4. The minimum atomic E-state index is -0.211. The quantitative estimate of drug-likeness (QED) is 0.764. The summed E-state index contributed by atoms with van der Waals surface area (Å²) < 4.78 is 7.73. The third-order valence-electron chi connectivity index (χ3n) is 4.11. The van der Waals surface area contributed by atoms with E-state index in [0.717, 1.165) is 17.8 Å². The van der Waals surface area contributed by atoms with Gasteiger partial charge < -0.3 is 10.1 Å². The van der Waals surface area contributed by atoms with Crippen LogP contribution in [0, 0.1) is 0 Å². The molecule has 6 nitrogen and oxygen atoms in total. The summed E-state index contributed by atoms with van der Waals surface area (Å²) in [5, 5.41) is 9.50. The second kappa shape index (κ2) is 7.16. The van der Waals surface area contributed by atoms with Crippen LogP contribution < -0.4 is 5.32 Å². The highest BCUT2D eigenvalue weighted by Crippen LogP contribution is 2.25. The number of carbonyl (C=O) groups is 1. The summed E-state index contributed by atoms with van der Waals surface area (Å²) in [5.74, 6) is -0.0707. The molecule has 128 valence electrons. The number of amides is 1. The van der Waals surface area contributed by atoms with E-state index in [4.69, 9.17) is 4.74 Å². The number of thiophene rings is 1. The maximum atomic E-state index is 12.1. The molecule has 25 heavy (non-hydrogen) atoms. The number of hydrogen-bond donors (Lipinski definition) is 1. The van der Waals surface area contributed by atoms with Gasteiger partial charge in [0.25, 0.3) is 5.91 Å². The first-order valence-corrected chi connectivity index (χ1v) is 9.07. The molecular weight excluding hydrogens is 336 g/mol. The number of rotatable bonds is 5. The fraction of sp³-hybridized carbons (Fsp3) is 0.278. The van der Waals surface area contributed by atoms with Crippen molar-refractivity contribution < 1.29 is 9.53 Å². The van der Waals surface area contributed by atoms with Crippen LogP contribution in [0.5, 0.6) is 0 Å². The maximum absolute atomic E-state index is 12.1. The first-order valence-electron chi connectivity index (χ1n) is 8.19. The van der Waals surface area contributed by atoms with E-state index in [1.54, 1.807) is 6.20 Å². The lowest BCUT2D eigenvalue weighted by atomic mass is 10.1. The van der Waals surface area contributed by atoms with Crippen LogP contribution >= 0.6 is 11.3 Å². The number of pyridine rings is 1. The molecule has 0 spiro atoms. The van der Waals surface area contributed by atoms with Gasteiger partial charge in [0.1, 0.15) is 6.10 Å². The predicted molar refractivity (Wildman–Crippen MR) is 94.6 cm³/mol. The van der Waals surface area contributed by atoms with Gasteiger partial charge in [0.2, 0.25) is 0 Å². The van der Waals surface area contributed by atoms with Crippen molar-refractivity contribution in [2.45, 2.75) is 19.1 Å². The number of fused-ring (bicyclic) bond motifs is 1. The van der Waals surface area contributed by atoms with Gasteiger partial charge in [0.15, 0.2) is 0 Å². The highest BCUT2D eigenvalue weighted by Gasteiger charge is 2.25. The highest BCUT2D eigenvalue weighted by atomic mass is 32.1. The Morgan fingerprint density at radius 2 is 2.32 bits per heavy atom. The van der Waals surface area contributed by atoms with Gasteiger partial charge in [-0.1, -0.05) is 12.1 Å². The Hall–Kier alpha value is -2.51. The lowest BCUT2D eigenvalue weighted by Crippen LogP contribution is -2.31. The number of nitrogens with zero attached hydrogens (tertiary/aromatic N) is 3. The van der Waals surface area contributed by atoms with E-state index in [9.17, 15) is 4.79 Å². The number of aromatic nitrogens is 3. The van der Waals surface area contributed by atoms with Gasteiger partial charge in [0.05, 0.1) is 29.4 Å². The summed E-state index contributed by atoms with van der Waals surface area (Å²) in [5.41, 5.74) is 3.05. The zero-order valence-electron chi connectivity index (χ0n) is 13.6. The topological polar surface area (TPSA) is 69.0 Å². The van der Waals surface area contributed by atoms with E-state index in [-0.39, 0.29) is 12.0 Å². The lowest BCUT2D eigenvalue weighted by molar-refractivity contribution is 0.0384. The summed E-state index contributed by atoms with van der Waals surface area (Å²) in [6, 6.07) is 9.54. The molecule has 4 heterocycles. The molecule has 3 aromatic rings. The van der Waals surface area contributed by atoms with Crippen molar-refractivity contribution in [2.24, 2.45) is 0 Å². The van der Waals surface area contributed by atoms with Crippen molar-refractivity contribution >= 4 is 17.2 Å². The Labute approximate surface area is 149 Å². The minimum Gasteiger partial charge on any atom is -0.370 e. The first-order chi connectivity index (χ1) is 12.3. The van der Waals surface area contributed by atoms with Gasteiger partial charge in [-0.2, -0.15) is 5.10 Å². The Bertz CT molecular complexity index is 845. The third kappa shape index (κ3) is 3.62. The van der Waals surface area contributed by atoms with Crippen LogP contribution in [0.1, 0.15) is 32.7 Å². The second-order valence-electron chi connectivity index (χ2n) is 5.85.